The zero-order chi connectivity index (χ0) is 19.9. The summed E-state index contributed by atoms with van der Waals surface area (Å²) in [5.41, 5.74) is 0.245. The molecule has 0 aliphatic rings. The highest BCUT2D eigenvalue weighted by Gasteiger charge is 2.30. The Bertz CT molecular complexity index is 742. The largest absolute Gasteiger partial charge is 0.417 e. The lowest BCUT2D eigenvalue weighted by atomic mass is 10.3. The van der Waals surface area contributed by atoms with Gasteiger partial charge in [0, 0.05) is 38.8 Å². The SMILES string of the molecule is CN=C(NCCCNc1ccc(C(F)(F)F)cn1)N(C)Cc1csc(C)n1. The van der Waals surface area contributed by atoms with E-state index in [0.717, 1.165) is 35.3 Å². The van der Waals surface area contributed by atoms with Crippen molar-refractivity contribution in [3.63, 3.8) is 0 Å². The zero-order valence-corrected chi connectivity index (χ0v) is 16.3. The van der Waals surface area contributed by atoms with E-state index < -0.39 is 11.7 Å². The second-order valence-corrected chi connectivity index (χ2v) is 6.96. The second-order valence-electron chi connectivity index (χ2n) is 5.90. The standard InChI is InChI=1S/C17H23F3N6S/c1-12-25-14(11-27-12)10-26(3)16(21-2)23-8-4-7-22-15-6-5-13(9-24-15)17(18,19)20/h5-6,9,11H,4,7-8,10H2,1-3H3,(H,21,23)(H,22,24). The average Bonchev–Trinajstić information content (AvgIpc) is 3.02. The van der Waals surface area contributed by atoms with Gasteiger partial charge >= 0.3 is 6.18 Å². The van der Waals surface area contributed by atoms with Crippen LogP contribution in [0.15, 0.2) is 28.7 Å². The first-order chi connectivity index (χ1) is 12.8. The van der Waals surface area contributed by atoms with Crippen molar-refractivity contribution < 1.29 is 13.2 Å². The second kappa shape index (κ2) is 9.54. The molecule has 2 rings (SSSR count). The number of rotatable bonds is 7. The van der Waals surface area contributed by atoms with E-state index in [2.05, 4.69) is 25.6 Å². The van der Waals surface area contributed by atoms with Crippen molar-refractivity contribution in [3.8, 4) is 0 Å². The number of anilines is 1. The molecular formula is C17H23F3N6S. The van der Waals surface area contributed by atoms with Crippen LogP contribution in [0.1, 0.15) is 22.7 Å². The maximum Gasteiger partial charge on any atom is 0.417 e. The Morgan fingerprint density at radius 2 is 2.07 bits per heavy atom. The summed E-state index contributed by atoms with van der Waals surface area (Å²) in [4.78, 5) is 14.5. The Balaban J connectivity index is 1.70. The molecule has 6 nitrogen and oxygen atoms in total. The third-order valence-electron chi connectivity index (χ3n) is 3.67. The van der Waals surface area contributed by atoms with Gasteiger partial charge in [-0.3, -0.25) is 4.99 Å². The number of pyridine rings is 1. The number of aromatic nitrogens is 2. The van der Waals surface area contributed by atoms with Crippen molar-refractivity contribution in [3.05, 3.63) is 40.0 Å². The molecule has 148 valence electrons. The molecule has 2 aromatic heterocycles. The molecule has 2 aromatic rings. The van der Waals surface area contributed by atoms with E-state index in [0.29, 0.717) is 25.5 Å². The quantitative estimate of drug-likeness (QED) is 0.424. The smallest absolute Gasteiger partial charge is 0.370 e. The lowest BCUT2D eigenvalue weighted by molar-refractivity contribution is -0.137. The lowest BCUT2D eigenvalue weighted by Gasteiger charge is -2.21. The summed E-state index contributed by atoms with van der Waals surface area (Å²) in [6, 6.07) is 2.35. The highest BCUT2D eigenvalue weighted by Crippen LogP contribution is 2.28. The fourth-order valence-corrected chi connectivity index (χ4v) is 2.96. The summed E-state index contributed by atoms with van der Waals surface area (Å²) in [5, 5.41) is 9.32. The van der Waals surface area contributed by atoms with E-state index in [9.17, 15) is 13.2 Å². The number of thiazole rings is 1. The first-order valence-electron chi connectivity index (χ1n) is 8.39. The molecule has 10 heteroatoms. The molecule has 0 aromatic carbocycles. The van der Waals surface area contributed by atoms with Crippen LogP contribution in [-0.4, -0.2) is 48.0 Å². The molecule has 0 atom stereocenters. The minimum atomic E-state index is -4.37. The summed E-state index contributed by atoms with van der Waals surface area (Å²) >= 11 is 1.62. The monoisotopic (exact) mass is 400 g/mol. The van der Waals surface area contributed by atoms with Crippen molar-refractivity contribution in [2.45, 2.75) is 26.1 Å². The summed E-state index contributed by atoms with van der Waals surface area (Å²) in [6.45, 7) is 3.88. The van der Waals surface area contributed by atoms with Gasteiger partial charge in [0.25, 0.3) is 0 Å². The average molecular weight is 400 g/mol. The van der Waals surface area contributed by atoms with Gasteiger partial charge in [0.2, 0.25) is 0 Å². The van der Waals surface area contributed by atoms with Crippen molar-refractivity contribution in [2.75, 3.05) is 32.5 Å². The molecular weight excluding hydrogens is 377 g/mol. The summed E-state index contributed by atoms with van der Waals surface area (Å²) < 4.78 is 37.5. The third-order valence-corrected chi connectivity index (χ3v) is 4.50. The van der Waals surface area contributed by atoms with Gasteiger partial charge in [-0.05, 0) is 25.5 Å². The maximum atomic E-state index is 12.5. The Morgan fingerprint density at radius 1 is 1.30 bits per heavy atom. The summed E-state index contributed by atoms with van der Waals surface area (Å²) in [6.07, 6.45) is -2.78. The topological polar surface area (TPSA) is 65.4 Å². The number of nitrogens with one attached hydrogen (secondary N) is 2. The Morgan fingerprint density at radius 3 is 2.63 bits per heavy atom. The van der Waals surface area contributed by atoms with E-state index >= 15 is 0 Å². The van der Waals surface area contributed by atoms with E-state index in [1.165, 1.54) is 6.07 Å². The normalized spacial score (nSPS) is 12.1. The van der Waals surface area contributed by atoms with Crippen LogP contribution in [-0.2, 0) is 12.7 Å². The number of aliphatic imine (C=N–C) groups is 1. The van der Waals surface area contributed by atoms with Crippen LogP contribution >= 0.6 is 11.3 Å². The number of guanidine groups is 1. The van der Waals surface area contributed by atoms with Crippen LogP contribution in [0.25, 0.3) is 0 Å². The van der Waals surface area contributed by atoms with Gasteiger partial charge in [-0.25, -0.2) is 9.97 Å². The molecule has 2 heterocycles. The van der Waals surface area contributed by atoms with Gasteiger partial charge in [-0.15, -0.1) is 11.3 Å². The van der Waals surface area contributed by atoms with Crippen LogP contribution in [0.5, 0.6) is 0 Å². The summed E-state index contributed by atoms with van der Waals surface area (Å²) in [7, 11) is 3.66. The maximum absolute atomic E-state index is 12.5. The number of hydrogen-bond donors (Lipinski definition) is 2. The molecule has 0 radical (unpaired) electrons. The van der Waals surface area contributed by atoms with Crippen LogP contribution in [0.3, 0.4) is 0 Å². The Kier molecular flexibility index (Phi) is 7.40. The van der Waals surface area contributed by atoms with E-state index in [1.54, 1.807) is 18.4 Å². The van der Waals surface area contributed by atoms with Crippen LogP contribution in [0.4, 0.5) is 19.0 Å². The van der Waals surface area contributed by atoms with Gasteiger partial charge in [0.1, 0.15) is 5.82 Å². The molecule has 0 spiro atoms. The van der Waals surface area contributed by atoms with Crippen LogP contribution < -0.4 is 10.6 Å². The first-order valence-corrected chi connectivity index (χ1v) is 9.27. The first kappa shape index (κ1) is 20.9. The number of alkyl halides is 3. The van der Waals surface area contributed by atoms with Gasteiger partial charge in [0.05, 0.1) is 22.8 Å². The van der Waals surface area contributed by atoms with Gasteiger partial charge < -0.3 is 15.5 Å². The van der Waals surface area contributed by atoms with Crippen LogP contribution in [0, 0.1) is 6.92 Å². The van der Waals surface area contributed by atoms with Crippen molar-refractivity contribution in [1.29, 1.82) is 0 Å². The number of hydrogen-bond acceptors (Lipinski definition) is 5. The number of aryl methyl sites for hydroxylation is 1. The molecule has 0 amide bonds. The van der Waals surface area contributed by atoms with Gasteiger partial charge in [0.15, 0.2) is 5.96 Å². The molecule has 0 unspecified atom stereocenters. The number of halogens is 3. The Hall–Kier alpha value is -2.36. The highest BCUT2D eigenvalue weighted by atomic mass is 32.1. The molecule has 0 bridgehead atoms. The summed E-state index contributed by atoms with van der Waals surface area (Å²) in [5.74, 6) is 1.18. The van der Waals surface area contributed by atoms with Gasteiger partial charge in [-0.1, -0.05) is 0 Å². The lowest BCUT2D eigenvalue weighted by Crippen LogP contribution is -2.39. The van der Waals surface area contributed by atoms with Gasteiger partial charge in [-0.2, -0.15) is 13.2 Å². The zero-order valence-electron chi connectivity index (χ0n) is 15.5. The fraction of sp³-hybridized carbons (Fsp3) is 0.471. The van der Waals surface area contributed by atoms with Crippen molar-refractivity contribution in [1.82, 2.24) is 20.2 Å². The number of nitrogens with zero attached hydrogens (tertiary/aromatic N) is 4. The molecule has 0 aliphatic carbocycles. The van der Waals surface area contributed by atoms with E-state index in [1.807, 2.05) is 24.3 Å². The minimum absolute atomic E-state index is 0.420. The molecule has 0 fully saturated rings. The van der Waals surface area contributed by atoms with Crippen LogP contribution in [0.2, 0.25) is 0 Å². The molecule has 0 saturated carbocycles. The fourth-order valence-electron chi connectivity index (χ4n) is 2.35. The molecule has 2 N–H and O–H groups in total. The third kappa shape index (κ3) is 6.70. The highest BCUT2D eigenvalue weighted by molar-refractivity contribution is 7.09. The van der Waals surface area contributed by atoms with Crippen molar-refractivity contribution in [2.24, 2.45) is 4.99 Å². The molecule has 27 heavy (non-hydrogen) atoms. The van der Waals surface area contributed by atoms with E-state index in [-0.39, 0.29) is 0 Å². The predicted molar refractivity (Wildman–Crippen MR) is 102 cm³/mol. The predicted octanol–water partition coefficient (Wildman–Crippen LogP) is 3.37. The molecule has 0 saturated heterocycles. The van der Waals surface area contributed by atoms with Crippen molar-refractivity contribution >= 4 is 23.1 Å². The minimum Gasteiger partial charge on any atom is -0.370 e. The molecule has 0 aliphatic heterocycles. The Labute approximate surface area is 160 Å². The van der Waals surface area contributed by atoms with E-state index in [4.69, 9.17) is 0 Å².